The number of phenolic OH excluding ortho intramolecular Hbond substituents is 1. The first-order valence-corrected chi connectivity index (χ1v) is 9.30. The van der Waals surface area contributed by atoms with Gasteiger partial charge in [0.05, 0.1) is 12.2 Å². The fourth-order valence-corrected chi connectivity index (χ4v) is 3.29. The summed E-state index contributed by atoms with van der Waals surface area (Å²) in [5, 5.41) is 12.8. The highest BCUT2D eigenvalue weighted by Crippen LogP contribution is 2.29. The molecule has 9 heteroatoms. The summed E-state index contributed by atoms with van der Waals surface area (Å²) in [5.41, 5.74) is 0.109. The van der Waals surface area contributed by atoms with E-state index in [9.17, 15) is 19.5 Å². The third-order valence-electron chi connectivity index (χ3n) is 3.39. The van der Waals surface area contributed by atoms with E-state index in [1.165, 1.54) is 29.5 Å². The summed E-state index contributed by atoms with van der Waals surface area (Å²) in [4.78, 5) is 37.0. The summed E-state index contributed by atoms with van der Waals surface area (Å²) in [6, 6.07) is 5.57. The predicted octanol–water partition coefficient (Wildman–Crippen LogP) is 3.64. The molecule has 0 aliphatic carbocycles. The molecule has 0 bridgehead atoms. The number of nitrogens with one attached hydrogen (secondary N) is 1. The molecule has 0 fully saturated rings. The van der Waals surface area contributed by atoms with Crippen LogP contribution >= 0.6 is 22.9 Å². The number of amides is 1. The SMILES string of the molecule is CCOC(=O)c1cc(CC)sc1NC(=O)COC(=O)c1cc(Cl)ccc1O. The molecule has 0 saturated heterocycles. The molecule has 1 aromatic heterocycles. The van der Waals surface area contributed by atoms with E-state index >= 15 is 0 Å². The van der Waals surface area contributed by atoms with Crippen LogP contribution in [0.25, 0.3) is 0 Å². The zero-order valence-electron chi connectivity index (χ0n) is 14.7. The number of hydrogen-bond acceptors (Lipinski definition) is 7. The van der Waals surface area contributed by atoms with Gasteiger partial charge in [0.2, 0.25) is 0 Å². The number of aromatic hydroxyl groups is 1. The van der Waals surface area contributed by atoms with Gasteiger partial charge in [-0.15, -0.1) is 11.3 Å². The van der Waals surface area contributed by atoms with E-state index < -0.39 is 24.5 Å². The number of phenols is 1. The van der Waals surface area contributed by atoms with Gasteiger partial charge in [-0.1, -0.05) is 18.5 Å². The normalized spacial score (nSPS) is 10.3. The van der Waals surface area contributed by atoms with E-state index in [-0.39, 0.29) is 28.5 Å². The smallest absolute Gasteiger partial charge is 0.342 e. The van der Waals surface area contributed by atoms with E-state index in [4.69, 9.17) is 21.1 Å². The molecule has 2 aromatic rings. The number of ether oxygens (including phenoxy) is 2. The Morgan fingerprint density at radius 3 is 2.48 bits per heavy atom. The number of benzene rings is 1. The molecule has 0 aliphatic heterocycles. The molecule has 0 spiro atoms. The van der Waals surface area contributed by atoms with Gasteiger partial charge in [0.25, 0.3) is 5.91 Å². The summed E-state index contributed by atoms with van der Waals surface area (Å²) in [6.07, 6.45) is 0.690. The molecule has 27 heavy (non-hydrogen) atoms. The Bertz CT molecular complexity index is 864. The number of rotatable bonds is 7. The van der Waals surface area contributed by atoms with Crippen LogP contribution in [0.3, 0.4) is 0 Å². The Morgan fingerprint density at radius 2 is 1.81 bits per heavy atom. The van der Waals surface area contributed by atoms with Crippen LogP contribution in [-0.4, -0.2) is 36.2 Å². The van der Waals surface area contributed by atoms with Crippen LogP contribution in [0.1, 0.15) is 39.4 Å². The average Bonchev–Trinajstić information content (AvgIpc) is 3.05. The molecule has 2 rings (SSSR count). The van der Waals surface area contributed by atoms with Gasteiger partial charge in [0.1, 0.15) is 16.3 Å². The molecule has 0 saturated carbocycles. The van der Waals surface area contributed by atoms with Gasteiger partial charge in [0, 0.05) is 9.90 Å². The van der Waals surface area contributed by atoms with Crippen molar-refractivity contribution in [3.8, 4) is 5.75 Å². The number of anilines is 1. The molecular weight excluding hydrogens is 394 g/mol. The fourth-order valence-electron chi connectivity index (χ4n) is 2.11. The van der Waals surface area contributed by atoms with Crippen molar-refractivity contribution in [3.05, 3.63) is 45.3 Å². The summed E-state index contributed by atoms with van der Waals surface area (Å²) in [6.45, 7) is 3.23. The third-order valence-corrected chi connectivity index (χ3v) is 4.82. The van der Waals surface area contributed by atoms with E-state index in [0.717, 1.165) is 4.88 Å². The summed E-state index contributed by atoms with van der Waals surface area (Å²) >= 11 is 7.03. The van der Waals surface area contributed by atoms with Crippen LogP contribution in [-0.2, 0) is 20.7 Å². The van der Waals surface area contributed by atoms with Crippen LogP contribution in [0.5, 0.6) is 5.75 Å². The number of esters is 2. The number of hydrogen-bond donors (Lipinski definition) is 2. The van der Waals surface area contributed by atoms with Crippen LogP contribution in [0.2, 0.25) is 5.02 Å². The highest BCUT2D eigenvalue weighted by Gasteiger charge is 2.20. The topological polar surface area (TPSA) is 102 Å². The van der Waals surface area contributed by atoms with Gasteiger partial charge in [-0.25, -0.2) is 9.59 Å². The molecule has 1 amide bonds. The largest absolute Gasteiger partial charge is 0.507 e. The minimum absolute atomic E-state index is 0.146. The van der Waals surface area contributed by atoms with Crippen molar-refractivity contribution in [1.29, 1.82) is 0 Å². The van der Waals surface area contributed by atoms with E-state index in [2.05, 4.69) is 5.32 Å². The molecule has 0 unspecified atom stereocenters. The first kappa shape index (κ1) is 20.7. The Balaban J connectivity index is 2.03. The minimum Gasteiger partial charge on any atom is -0.507 e. The Morgan fingerprint density at radius 1 is 1.11 bits per heavy atom. The highest BCUT2D eigenvalue weighted by atomic mass is 35.5. The first-order chi connectivity index (χ1) is 12.8. The molecular formula is C18H18ClNO6S. The predicted molar refractivity (Wildman–Crippen MR) is 102 cm³/mol. The second-order valence-electron chi connectivity index (χ2n) is 5.32. The minimum atomic E-state index is -0.892. The summed E-state index contributed by atoms with van der Waals surface area (Å²) in [7, 11) is 0. The number of carbonyl (C=O) groups excluding carboxylic acids is 3. The fraction of sp³-hybridized carbons (Fsp3) is 0.278. The van der Waals surface area contributed by atoms with Gasteiger partial charge in [-0.05, 0) is 37.6 Å². The van der Waals surface area contributed by atoms with Crippen molar-refractivity contribution in [3.63, 3.8) is 0 Å². The van der Waals surface area contributed by atoms with Gasteiger partial charge < -0.3 is 19.9 Å². The van der Waals surface area contributed by atoms with Crippen molar-refractivity contribution in [2.75, 3.05) is 18.5 Å². The lowest BCUT2D eigenvalue weighted by Crippen LogP contribution is -2.21. The van der Waals surface area contributed by atoms with E-state index in [0.29, 0.717) is 11.4 Å². The maximum Gasteiger partial charge on any atom is 0.342 e. The van der Waals surface area contributed by atoms with Gasteiger partial charge in [-0.2, -0.15) is 0 Å². The van der Waals surface area contributed by atoms with E-state index in [1.54, 1.807) is 13.0 Å². The lowest BCUT2D eigenvalue weighted by Gasteiger charge is -2.08. The van der Waals surface area contributed by atoms with Gasteiger partial charge in [0.15, 0.2) is 6.61 Å². The molecule has 7 nitrogen and oxygen atoms in total. The van der Waals surface area contributed by atoms with Crippen LogP contribution < -0.4 is 5.32 Å². The molecule has 2 N–H and O–H groups in total. The summed E-state index contributed by atoms with van der Waals surface area (Å²) < 4.78 is 9.88. The van der Waals surface area contributed by atoms with Gasteiger partial charge in [-0.3, -0.25) is 4.79 Å². The molecule has 1 aromatic carbocycles. The molecule has 0 atom stereocenters. The number of thiophene rings is 1. The number of halogens is 1. The third kappa shape index (κ3) is 5.45. The highest BCUT2D eigenvalue weighted by molar-refractivity contribution is 7.16. The number of aryl methyl sites for hydroxylation is 1. The Hall–Kier alpha value is -2.58. The van der Waals surface area contributed by atoms with Crippen LogP contribution in [0.4, 0.5) is 5.00 Å². The molecule has 0 radical (unpaired) electrons. The molecule has 0 aliphatic rings. The molecule has 1 heterocycles. The number of carbonyl (C=O) groups is 3. The Labute approximate surface area is 164 Å². The van der Waals surface area contributed by atoms with Crippen LogP contribution in [0.15, 0.2) is 24.3 Å². The second-order valence-corrected chi connectivity index (χ2v) is 6.89. The van der Waals surface area contributed by atoms with Crippen molar-refractivity contribution in [2.45, 2.75) is 20.3 Å². The Kier molecular flexibility index (Phi) is 7.20. The lowest BCUT2D eigenvalue weighted by molar-refractivity contribution is -0.119. The quantitative estimate of drug-likeness (QED) is 0.674. The van der Waals surface area contributed by atoms with Crippen molar-refractivity contribution in [2.24, 2.45) is 0 Å². The zero-order chi connectivity index (χ0) is 20.0. The summed E-state index contributed by atoms with van der Waals surface area (Å²) in [5.74, 6) is -2.36. The molecule has 144 valence electrons. The van der Waals surface area contributed by atoms with Crippen molar-refractivity contribution < 1.29 is 29.0 Å². The van der Waals surface area contributed by atoms with Gasteiger partial charge >= 0.3 is 11.9 Å². The zero-order valence-corrected chi connectivity index (χ0v) is 16.3. The van der Waals surface area contributed by atoms with Crippen molar-refractivity contribution in [1.82, 2.24) is 0 Å². The maximum absolute atomic E-state index is 12.1. The second kappa shape index (κ2) is 9.38. The maximum atomic E-state index is 12.1. The monoisotopic (exact) mass is 411 g/mol. The first-order valence-electron chi connectivity index (χ1n) is 8.11. The van der Waals surface area contributed by atoms with E-state index in [1.807, 2.05) is 6.92 Å². The van der Waals surface area contributed by atoms with Crippen LogP contribution in [0, 0.1) is 0 Å². The lowest BCUT2D eigenvalue weighted by atomic mass is 10.2. The van der Waals surface area contributed by atoms with Crippen molar-refractivity contribution >= 4 is 45.8 Å². The average molecular weight is 412 g/mol. The standard InChI is InChI=1S/C18H18ClNO6S/c1-3-11-8-13(18(24)25-4-2)16(27-11)20-15(22)9-26-17(23)12-7-10(19)5-6-14(12)21/h5-8,21H,3-4,9H2,1-2H3,(H,20,22).